The topological polar surface area (TPSA) is 84.6 Å². The number of nitrogens with zero attached hydrogens (tertiary/aromatic N) is 3. The highest BCUT2D eigenvalue weighted by atomic mass is 32.2. The maximum Gasteiger partial charge on any atom is 0.332 e. The van der Waals surface area contributed by atoms with Gasteiger partial charge in [-0.1, -0.05) is 6.07 Å². The zero-order chi connectivity index (χ0) is 9.47. The van der Waals surface area contributed by atoms with E-state index in [1.165, 1.54) is 10.7 Å². The minimum Gasteiger partial charge on any atom is -0.279 e. The smallest absolute Gasteiger partial charge is 0.279 e. The van der Waals surface area contributed by atoms with Gasteiger partial charge in [0.15, 0.2) is 5.65 Å². The van der Waals surface area contributed by atoms with Gasteiger partial charge < -0.3 is 0 Å². The van der Waals surface area contributed by atoms with Crippen LogP contribution in [0.3, 0.4) is 0 Å². The molecule has 2 aromatic heterocycles. The van der Waals surface area contributed by atoms with E-state index in [9.17, 15) is 8.42 Å². The largest absolute Gasteiger partial charge is 0.332 e. The Morgan fingerprint density at radius 1 is 1.38 bits per heavy atom. The fourth-order valence-electron chi connectivity index (χ4n) is 0.920. The van der Waals surface area contributed by atoms with Crippen LogP contribution in [0.5, 0.6) is 0 Å². The second-order valence-corrected chi connectivity index (χ2v) is 3.69. The minimum atomic E-state index is -4.31. The van der Waals surface area contributed by atoms with Crippen molar-refractivity contribution in [2.24, 2.45) is 0 Å². The van der Waals surface area contributed by atoms with Crippen LogP contribution in [-0.4, -0.2) is 27.6 Å². The molecule has 0 saturated carbocycles. The van der Waals surface area contributed by atoms with Crippen LogP contribution in [0.1, 0.15) is 0 Å². The molecule has 0 aliphatic carbocycles. The van der Waals surface area contributed by atoms with Gasteiger partial charge in [-0.05, 0) is 12.1 Å². The van der Waals surface area contributed by atoms with Gasteiger partial charge in [-0.15, -0.1) is 5.10 Å². The first-order valence-electron chi connectivity index (χ1n) is 3.36. The van der Waals surface area contributed by atoms with Gasteiger partial charge in [0.1, 0.15) is 0 Å². The van der Waals surface area contributed by atoms with E-state index in [0.717, 1.165) is 0 Å². The van der Waals surface area contributed by atoms with Crippen molar-refractivity contribution < 1.29 is 13.0 Å². The molecular weight excluding hydrogens is 194 g/mol. The third-order valence-corrected chi connectivity index (χ3v) is 2.09. The average Bonchev–Trinajstić information content (AvgIpc) is 2.45. The highest BCUT2D eigenvalue weighted by Gasteiger charge is 2.15. The van der Waals surface area contributed by atoms with E-state index in [0.29, 0.717) is 5.65 Å². The Labute approximate surface area is 73.6 Å². The number of fused-ring (bicyclic) bond motifs is 1. The summed E-state index contributed by atoms with van der Waals surface area (Å²) < 4.78 is 31.1. The van der Waals surface area contributed by atoms with Gasteiger partial charge in [-0.2, -0.15) is 13.4 Å². The molecule has 0 bridgehead atoms. The van der Waals surface area contributed by atoms with Crippen LogP contribution in [0.2, 0.25) is 0 Å². The fraction of sp³-hybridized carbons (Fsp3) is 0. The number of hydrogen-bond acceptors (Lipinski definition) is 4. The molecule has 0 fully saturated rings. The Kier molecular flexibility index (Phi) is 1.57. The Balaban J connectivity index is 2.77. The van der Waals surface area contributed by atoms with E-state index in [2.05, 4.69) is 10.1 Å². The van der Waals surface area contributed by atoms with Gasteiger partial charge in [0, 0.05) is 6.20 Å². The zero-order valence-corrected chi connectivity index (χ0v) is 7.14. The molecule has 0 saturated heterocycles. The van der Waals surface area contributed by atoms with Gasteiger partial charge in [0.25, 0.3) is 5.16 Å². The van der Waals surface area contributed by atoms with Gasteiger partial charge >= 0.3 is 10.1 Å². The van der Waals surface area contributed by atoms with Crippen molar-refractivity contribution in [2.75, 3.05) is 0 Å². The predicted octanol–water partition coefficient (Wildman–Crippen LogP) is -0.0240. The monoisotopic (exact) mass is 199 g/mol. The highest BCUT2D eigenvalue weighted by molar-refractivity contribution is 7.85. The lowest BCUT2D eigenvalue weighted by molar-refractivity contribution is 0.474. The molecule has 2 aromatic rings. The van der Waals surface area contributed by atoms with Crippen LogP contribution in [0.25, 0.3) is 5.65 Å². The first-order valence-corrected chi connectivity index (χ1v) is 4.80. The van der Waals surface area contributed by atoms with Gasteiger partial charge in [0.2, 0.25) is 0 Å². The molecule has 0 spiro atoms. The van der Waals surface area contributed by atoms with Crippen LogP contribution in [0.15, 0.2) is 29.6 Å². The van der Waals surface area contributed by atoms with Gasteiger partial charge in [-0.25, -0.2) is 4.52 Å². The normalized spacial score (nSPS) is 12.1. The van der Waals surface area contributed by atoms with Crippen molar-refractivity contribution in [3.8, 4) is 0 Å². The van der Waals surface area contributed by atoms with E-state index >= 15 is 0 Å². The molecule has 0 aliphatic rings. The zero-order valence-electron chi connectivity index (χ0n) is 6.32. The quantitative estimate of drug-likeness (QED) is 0.652. The first-order chi connectivity index (χ1) is 6.07. The van der Waals surface area contributed by atoms with E-state index in [4.69, 9.17) is 4.55 Å². The molecule has 0 atom stereocenters. The van der Waals surface area contributed by atoms with Crippen molar-refractivity contribution in [3.63, 3.8) is 0 Å². The molecule has 0 aliphatic heterocycles. The summed E-state index contributed by atoms with van der Waals surface area (Å²) in [6.07, 6.45) is 1.54. The number of rotatable bonds is 1. The SMILES string of the molecule is O=S(=O)(O)c1nc2ccccn2n1. The first kappa shape index (κ1) is 8.14. The maximum absolute atomic E-state index is 10.6. The van der Waals surface area contributed by atoms with Gasteiger partial charge in [0.05, 0.1) is 0 Å². The van der Waals surface area contributed by atoms with E-state index in [-0.39, 0.29) is 0 Å². The summed E-state index contributed by atoms with van der Waals surface area (Å²) in [7, 11) is -4.31. The lowest BCUT2D eigenvalue weighted by atomic mass is 10.5. The summed E-state index contributed by atoms with van der Waals surface area (Å²) >= 11 is 0. The van der Waals surface area contributed by atoms with Crippen LogP contribution in [-0.2, 0) is 10.1 Å². The van der Waals surface area contributed by atoms with Crippen molar-refractivity contribution >= 4 is 15.8 Å². The lowest BCUT2D eigenvalue weighted by Gasteiger charge is -1.84. The standard InChI is InChI=1S/C6H5N3O3S/c10-13(11,12)6-7-5-3-1-2-4-9(5)8-6/h1-4H,(H,10,11,12). The molecule has 0 unspecified atom stereocenters. The highest BCUT2D eigenvalue weighted by Crippen LogP contribution is 2.04. The van der Waals surface area contributed by atoms with Crippen LogP contribution < -0.4 is 0 Å². The van der Waals surface area contributed by atoms with Crippen molar-refractivity contribution in [3.05, 3.63) is 24.4 Å². The summed E-state index contributed by atoms with van der Waals surface area (Å²) in [5, 5.41) is 2.97. The maximum atomic E-state index is 10.6. The molecule has 2 heterocycles. The Morgan fingerprint density at radius 2 is 2.15 bits per heavy atom. The molecule has 0 radical (unpaired) electrons. The van der Waals surface area contributed by atoms with Gasteiger partial charge in [-0.3, -0.25) is 4.55 Å². The van der Waals surface area contributed by atoms with E-state index < -0.39 is 15.3 Å². The van der Waals surface area contributed by atoms with Crippen molar-refractivity contribution in [2.45, 2.75) is 5.16 Å². The Hall–Kier alpha value is -1.47. The summed E-state index contributed by atoms with van der Waals surface area (Å²) in [6, 6.07) is 4.95. The molecule has 13 heavy (non-hydrogen) atoms. The van der Waals surface area contributed by atoms with E-state index in [1.54, 1.807) is 18.2 Å². The summed E-state index contributed by atoms with van der Waals surface area (Å²) in [6.45, 7) is 0. The van der Waals surface area contributed by atoms with E-state index in [1.807, 2.05) is 0 Å². The molecule has 68 valence electrons. The Morgan fingerprint density at radius 3 is 2.77 bits per heavy atom. The third kappa shape index (κ3) is 1.38. The molecule has 7 heteroatoms. The molecule has 6 nitrogen and oxygen atoms in total. The van der Waals surface area contributed by atoms with Crippen molar-refractivity contribution in [1.29, 1.82) is 0 Å². The number of aromatic nitrogens is 3. The molecular formula is C6H5N3O3S. The average molecular weight is 199 g/mol. The molecule has 2 rings (SSSR count). The number of pyridine rings is 1. The molecule has 1 N–H and O–H groups in total. The second-order valence-electron chi connectivity index (χ2n) is 2.37. The molecule has 0 aromatic carbocycles. The summed E-state index contributed by atoms with van der Waals surface area (Å²) in [4.78, 5) is 3.60. The summed E-state index contributed by atoms with van der Waals surface area (Å²) in [5.41, 5.74) is 0.370. The molecule has 0 amide bonds. The minimum absolute atomic E-state index is 0.370. The van der Waals surface area contributed by atoms with Crippen LogP contribution in [0, 0.1) is 0 Å². The predicted molar refractivity (Wildman–Crippen MR) is 42.8 cm³/mol. The van der Waals surface area contributed by atoms with Crippen LogP contribution in [0.4, 0.5) is 0 Å². The van der Waals surface area contributed by atoms with Crippen LogP contribution >= 0.6 is 0 Å². The number of hydrogen-bond donors (Lipinski definition) is 1. The summed E-state index contributed by atoms with van der Waals surface area (Å²) in [5.74, 6) is 0. The van der Waals surface area contributed by atoms with Crippen molar-refractivity contribution in [1.82, 2.24) is 14.6 Å². The fourth-order valence-corrected chi connectivity index (χ4v) is 1.32. The third-order valence-electron chi connectivity index (χ3n) is 1.45. The lowest BCUT2D eigenvalue weighted by Crippen LogP contribution is -2.00. The second kappa shape index (κ2) is 2.51. The Bertz CT molecular complexity index is 512.